The number of aromatic nitrogens is 1. The molecule has 2 fully saturated rings. The Morgan fingerprint density at radius 2 is 1.87 bits per heavy atom. The number of aryl methyl sites for hydroxylation is 1. The minimum Gasteiger partial charge on any atom is -0.356 e. The summed E-state index contributed by atoms with van der Waals surface area (Å²) in [5, 5.41) is 6.23. The molecule has 1 heterocycles. The van der Waals surface area contributed by atoms with Crippen LogP contribution in [0, 0.1) is 29.1 Å². The first-order valence-corrected chi connectivity index (χ1v) is 11.8. The van der Waals surface area contributed by atoms with Gasteiger partial charge in [0.1, 0.15) is 0 Å². The fraction of sp³-hybridized carbons (Fsp3) is 0.400. The number of carbonyl (C=O) groups excluding carboxylic acids is 2. The minimum atomic E-state index is -0.0974. The van der Waals surface area contributed by atoms with Crippen LogP contribution in [0.5, 0.6) is 0 Å². The van der Waals surface area contributed by atoms with Crippen LogP contribution in [0.25, 0.3) is 0 Å². The second-order valence-electron chi connectivity index (χ2n) is 9.02. The molecule has 5 rings (SSSR count). The van der Waals surface area contributed by atoms with Gasteiger partial charge in [0.2, 0.25) is 11.8 Å². The lowest BCUT2D eigenvalue weighted by atomic mass is 9.82. The van der Waals surface area contributed by atoms with Gasteiger partial charge in [-0.25, -0.2) is 0 Å². The summed E-state index contributed by atoms with van der Waals surface area (Å²) in [5.74, 6) is 0.824. The predicted molar refractivity (Wildman–Crippen MR) is 123 cm³/mol. The summed E-state index contributed by atoms with van der Waals surface area (Å²) in [6, 6.07) is 11.6. The topological polar surface area (TPSA) is 71.1 Å². The van der Waals surface area contributed by atoms with Crippen LogP contribution in [0.3, 0.4) is 0 Å². The molecule has 0 aliphatic heterocycles. The van der Waals surface area contributed by atoms with Gasteiger partial charge in [0, 0.05) is 35.5 Å². The van der Waals surface area contributed by atoms with Crippen molar-refractivity contribution in [3.8, 4) is 0 Å². The number of hydrogen-bond donors (Lipinski definition) is 2. The van der Waals surface area contributed by atoms with Gasteiger partial charge in [0.05, 0.1) is 5.92 Å². The third-order valence-electron chi connectivity index (χ3n) is 7.30. The van der Waals surface area contributed by atoms with Gasteiger partial charge in [-0.2, -0.15) is 0 Å². The predicted octanol–water partition coefficient (Wildman–Crippen LogP) is 4.36. The molecule has 0 unspecified atom stereocenters. The SMILES string of the molecule is O=C(CCc1cccnc1)NC[C@H]1[C@H](C(=O)Nc2ccc(Br)cc2)[C@@H]2C=C[C@H]1C21CC1. The maximum absolute atomic E-state index is 13.3. The van der Waals surface area contributed by atoms with Crippen molar-refractivity contribution >= 4 is 33.4 Å². The number of amides is 2. The first kappa shape index (κ1) is 20.4. The molecule has 2 amide bonds. The monoisotopic (exact) mass is 479 g/mol. The van der Waals surface area contributed by atoms with Crippen molar-refractivity contribution in [2.45, 2.75) is 25.7 Å². The molecule has 31 heavy (non-hydrogen) atoms. The first-order valence-electron chi connectivity index (χ1n) is 11.0. The van der Waals surface area contributed by atoms with E-state index >= 15 is 0 Å². The number of pyridine rings is 1. The van der Waals surface area contributed by atoms with Gasteiger partial charge in [-0.15, -0.1) is 0 Å². The number of halogens is 1. The van der Waals surface area contributed by atoms with Crippen LogP contribution in [-0.2, 0) is 16.0 Å². The van der Waals surface area contributed by atoms with E-state index in [1.807, 2.05) is 36.4 Å². The van der Waals surface area contributed by atoms with Crippen LogP contribution in [0.15, 0.2) is 65.4 Å². The summed E-state index contributed by atoms with van der Waals surface area (Å²) in [5.41, 5.74) is 2.13. The van der Waals surface area contributed by atoms with Crippen LogP contribution in [0.1, 0.15) is 24.8 Å². The van der Waals surface area contributed by atoms with Crippen molar-refractivity contribution in [2.75, 3.05) is 11.9 Å². The summed E-state index contributed by atoms with van der Waals surface area (Å²) in [4.78, 5) is 29.9. The van der Waals surface area contributed by atoms with Crippen LogP contribution in [-0.4, -0.2) is 23.3 Å². The molecule has 3 aliphatic rings. The van der Waals surface area contributed by atoms with E-state index in [4.69, 9.17) is 0 Å². The van der Waals surface area contributed by atoms with E-state index in [0.29, 0.717) is 25.3 Å². The molecule has 4 atom stereocenters. The number of rotatable bonds is 7. The Kier molecular flexibility index (Phi) is 5.42. The summed E-state index contributed by atoms with van der Waals surface area (Å²) in [6.45, 7) is 0.553. The molecule has 2 aromatic rings. The molecule has 3 aliphatic carbocycles. The molecule has 6 heteroatoms. The lowest BCUT2D eigenvalue weighted by Gasteiger charge is -2.27. The smallest absolute Gasteiger partial charge is 0.228 e. The Labute approximate surface area is 190 Å². The number of nitrogens with zero attached hydrogens (tertiary/aromatic N) is 1. The van der Waals surface area contributed by atoms with Gasteiger partial charge in [-0.3, -0.25) is 14.6 Å². The number of nitrogens with one attached hydrogen (secondary N) is 2. The molecule has 0 radical (unpaired) electrons. The average molecular weight is 480 g/mol. The van der Waals surface area contributed by atoms with Crippen LogP contribution in [0.4, 0.5) is 5.69 Å². The Morgan fingerprint density at radius 3 is 2.58 bits per heavy atom. The Morgan fingerprint density at radius 1 is 1.10 bits per heavy atom. The van der Waals surface area contributed by atoms with E-state index in [1.165, 1.54) is 12.8 Å². The molecular formula is C25H26BrN3O2. The maximum Gasteiger partial charge on any atom is 0.228 e. The fourth-order valence-electron chi connectivity index (χ4n) is 5.69. The molecule has 1 spiro atoms. The number of anilines is 1. The zero-order chi connectivity index (χ0) is 21.4. The number of carbonyl (C=O) groups is 2. The van der Waals surface area contributed by atoms with Crippen molar-refractivity contribution in [1.29, 1.82) is 0 Å². The Hall–Kier alpha value is -2.47. The van der Waals surface area contributed by atoms with Gasteiger partial charge in [0.15, 0.2) is 0 Å². The highest BCUT2D eigenvalue weighted by Gasteiger charge is 2.68. The second-order valence-corrected chi connectivity index (χ2v) is 9.94. The van der Waals surface area contributed by atoms with E-state index in [1.54, 1.807) is 12.4 Å². The summed E-state index contributed by atoms with van der Waals surface area (Å²) in [6.07, 6.45) is 11.6. The lowest BCUT2D eigenvalue weighted by Crippen LogP contribution is -2.39. The van der Waals surface area contributed by atoms with Gasteiger partial charge in [0.25, 0.3) is 0 Å². The number of allylic oxidation sites excluding steroid dienone is 2. The average Bonchev–Trinajstić information content (AvgIpc) is 3.45. The molecule has 160 valence electrons. The van der Waals surface area contributed by atoms with Crippen LogP contribution < -0.4 is 10.6 Å². The van der Waals surface area contributed by atoms with Crippen molar-refractivity contribution in [1.82, 2.24) is 10.3 Å². The zero-order valence-corrected chi connectivity index (χ0v) is 18.8. The van der Waals surface area contributed by atoms with Gasteiger partial charge < -0.3 is 10.6 Å². The van der Waals surface area contributed by atoms with Crippen molar-refractivity contribution in [2.24, 2.45) is 29.1 Å². The normalized spacial score (nSPS) is 26.7. The van der Waals surface area contributed by atoms with Crippen molar-refractivity contribution in [3.63, 3.8) is 0 Å². The number of benzene rings is 1. The van der Waals surface area contributed by atoms with Gasteiger partial charge in [-0.1, -0.05) is 34.1 Å². The molecular weight excluding hydrogens is 454 g/mol. The maximum atomic E-state index is 13.3. The lowest BCUT2D eigenvalue weighted by molar-refractivity contribution is -0.124. The zero-order valence-electron chi connectivity index (χ0n) is 17.3. The van der Waals surface area contributed by atoms with E-state index in [0.717, 1.165) is 15.7 Å². The molecule has 1 aromatic heterocycles. The standard InChI is InChI=1S/C25H26BrN3O2/c26-17-4-6-18(7-5-17)29-24(31)23-19(20-8-9-21(23)25(20)11-12-25)15-28-22(30)10-3-16-2-1-13-27-14-16/h1-2,4-9,13-14,19-21,23H,3,10-12,15H2,(H,28,30)(H,29,31)/t19-,20-,21+,23+/m1/s1. The van der Waals surface area contributed by atoms with Gasteiger partial charge in [-0.05, 0) is 78.3 Å². The van der Waals surface area contributed by atoms with E-state index in [2.05, 4.69) is 43.7 Å². The highest BCUT2D eigenvalue weighted by Crippen LogP contribution is 2.71. The minimum absolute atomic E-state index is 0.0347. The summed E-state index contributed by atoms with van der Waals surface area (Å²) < 4.78 is 0.983. The molecule has 1 aromatic carbocycles. The van der Waals surface area contributed by atoms with E-state index < -0.39 is 0 Å². The molecule has 5 nitrogen and oxygen atoms in total. The molecule has 2 N–H and O–H groups in total. The Balaban J connectivity index is 1.24. The molecule has 0 saturated heterocycles. The largest absolute Gasteiger partial charge is 0.356 e. The third-order valence-corrected chi connectivity index (χ3v) is 7.83. The number of hydrogen-bond acceptors (Lipinski definition) is 3. The quantitative estimate of drug-likeness (QED) is 0.579. The first-order chi connectivity index (χ1) is 15.1. The summed E-state index contributed by atoms with van der Waals surface area (Å²) in [7, 11) is 0. The van der Waals surface area contributed by atoms with E-state index in [-0.39, 0.29) is 35.0 Å². The third kappa shape index (κ3) is 3.93. The highest BCUT2D eigenvalue weighted by molar-refractivity contribution is 9.10. The van der Waals surface area contributed by atoms with E-state index in [9.17, 15) is 9.59 Å². The molecule has 2 saturated carbocycles. The second kappa shape index (κ2) is 8.23. The van der Waals surface area contributed by atoms with Crippen molar-refractivity contribution < 1.29 is 9.59 Å². The molecule has 2 bridgehead atoms. The van der Waals surface area contributed by atoms with Crippen LogP contribution in [0.2, 0.25) is 0 Å². The Bertz CT molecular complexity index is 1000. The highest BCUT2D eigenvalue weighted by atomic mass is 79.9. The van der Waals surface area contributed by atoms with Crippen molar-refractivity contribution in [3.05, 3.63) is 71.0 Å². The van der Waals surface area contributed by atoms with Gasteiger partial charge >= 0.3 is 0 Å². The fourth-order valence-corrected chi connectivity index (χ4v) is 5.95. The van der Waals surface area contributed by atoms with Crippen LogP contribution >= 0.6 is 15.9 Å². The summed E-state index contributed by atoms with van der Waals surface area (Å²) >= 11 is 3.43.